The maximum Gasteiger partial charge on any atom is 0.347 e. The van der Waals surface area contributed by atoms with Crippen molar-refractivity contribution in [2.45, 2.75) is 38.7 Å². The molecule has 3 heteroatoms. The minimum atomic E-state index is -0.373. The van der Waals surface area contributed by atoms with Crippen molar-refractivity contribution < 1.29 is 14.3 Å². The molecule has 0 N–H and O–H groups in total. The molecule has 0 aromatic heterocycles. The molecule has 0 aromatic rings. The average Bonchev–Trinajstić information content (AvgIpc) is 2.19. The average molecular weight is 184 g/mol. The summed E-state index contributed by atoms with van der Waals surface area (Å²) >= 11 is 0. The summed E-state index contributed by atoms with van der Waals surface area (Å²) in [5.41, 5.74) is 0. The van der Waals surface area contributed by atoms with Crippen molar-refractivity contribution >= 4 is 5.97 Å². The van der Waals surface area contributed by atoms with Gasteiger partial charge in [0.05, 0.1) is 12.9 Å². The molecule has 1 heterocycles. The van der Waals surface area contributed by atoms with E-state index in [0.29, 0.717) is 6.61 Å². The first-order valence-electron chi connectivity index (χ1n) is 4.81. The van der Waals surface area contributed by atoms with Gasteiger partial charge in [0.15, 0.2) is 6.10 Å². The summed E-state index contributed by atoms with van der Waals surface area (Å²) in [6.45, 7) is 2.58. The van der Waals surface area contributed by atoms with Crippen LogP contribution in [0.4, 0.5) is 0 Å². The van der Waals surface area contributed by atoms with Gasteiger partial charge in [0.1, 0.15) is 0 Å². The number of carbonyl (C=O) groups is 1. The Morgan fingerprint density at radius 3 is 3.15 bits per heavy atom. The molecule has 74 valence electrons. The van der Waals surface area contributed by atoms with E-state index < -0.39 is 0 Å². The molecule has 1 unspecified atom stereocenters. The largest absolute Gasteiger partial charge is 0.487 e. The Morgan fingerprint density at radius 1 is 1.69 bits per heavy atom. The van der Waals surface area contributed by atoms with Crippen LogP contribution in [-0.2, 0) is 14.3 Å². The molecule has 0 aliphatic carbocycles. The van der Waals surface area contributed by atoms with Crippen LogP contribution in [0.1, 0.15) is 32.6 Å². The van der Waals surface area contributed by atoms with Crippen LogP contribution in [0.3, 0.4) is 0 Å². The molecular formula is C10H16O3. The van der Waals surface area contributed by atoms with Gasteiger partial charge in [0, 0.05) is 0 Å². The van der Waals surface area contributed by atoms with Gasteiger partial charge in [-0.25, -0.2) is 4.79 Å². The molecule has 1 aliphatic rings. The minimum absolute atomic E-state index is 0.224. The predicted octanol–water partition coefficient (Wildman–Crippen LogP) is 2.02. The zero-order valence-electron chi connectivity index (χ0n) is 7.99. The van der Waals surface area contributed by atoms with Gasteiger partial charge in [-0.1, -0.05) is 13.3 Å². The first kappa shape index (κ1) is 10.1. The Balaban J connectivity index is 2.18. The monoisotopic (exact) mass is 184 g/mol. The summed E-state index contributed by atoms with van der Waals surface area (Å²) in [6.07, 6.45) is 6.72. The number of unbranched alkanes of at least 4 members (excludes halogenated alkanes) is 1. The molecule has 1 atom stereocenters. The Kier molecular flexibility index (Phi) is 4.36. The van der Waals surface area contributed by atoms with Gasteiger partial charge in [-0.3, -0.25) is 0 Å². The van der Waals surface area contributed by atoms with Crippen LogP contribution >= 0.6 is 0 Å². The maximum atomic E-state index is 11.3. The van der Waals surface area contributed by atoms with Gasteiger partial charge in [0.25, 0.3) is 0 Å². The number of hydrogen-bond acceptors (Lipinski definition) is 3. The number of rotatable bonds is 4. The van der Waals surface area contributed by atoms with Gasteiger partial charge >= 0.3 is 5.97 Å². The van der Waals surface area contributed by atoms with Crippen LogP contribution in [0.2, 0.25) is 0 Å². The van der Waals surface area contributed by atoms with Crippen molar-refractivity contribution in [1.29, 1.82) is 0 Å². The number of carbonyl (C=O) groups excluding carboxylic acids is 1. The molecule has 1 rings (SSSR count). The van der Waals surface area contributed by atoms with E-state index in [1.54, 1.807) is 6.26 Å². The SMILES string of the molecule is CCCCOC(=O)C1CCC=CO1. The molecule has 0 aromatic carbocycles. The van der Waals surface area contributed by atoms with Crippen LogP contribution in [-0.4, -0.2) is 18.7 Å². The van der Waals surface area contributed by atoms with Crippen molar-refractivity contribution in [2.75, 3.05) is 6.61 Å². The van der Waals surface area contributed by atoms with Crippen molar-refractivity contribution in [1.82, 2.24) is 0 Å². The van der Waals surface area contributed by atoms with E-state index in [1.165, 1.54) is 0 Å². The second kappa shape index (κ2) is 5.62. The molecule has 3 nitrogen and oxygen atoms in total. The lowest BCUT2D eigenvalue weighted by Crippen LogP contribution is -2.26. The van der Waals surface area contributed by atoms with Crippen molar-refractivity contribution in [3.63, 3.8) is 0 Å². The molecule has 0 amide bonds. The summed E-state index contributed by atoms with van der Waals surface area (Å²) in [4.78, 5) is 11.3. The number of allylic oxidation sites excluding steroid dienone is 1. The van der Waals surface area contributed by atoms with Gasteiger partial charge in [-0.05, 0) is 25.3 Å². The number of hydrogen-bond donors (Lipinski definition) is 0. The summed E-state index contributed by atoms with van der Waals surface area (Å²) in [5.74, 6) is -0.224. The highest BCUT2D eigenvalue weighted by atomic mass is 16.6. The Hall–Kier alpha value is -0.990. The Bertz CT molecular complexity index is 187. The molecule has 0 saturated carbocycles. The van der Waals surface area contributed by atoms with Crippen LogP contribution in [0.25, 0.3) is 0 Å². The maximum absolute atomic E-state index is 11.3. The van der Waals surface area contributed by atoms with Crippen LogP contribution < -0.4 is 0 Å². The van der Waals surface area contributed by atoms with Gasteiger partial charge in [-0.15, -0.1) is 0 Å². The van der Waals surface area contributed by atoms with Crippen LogP contribution in [0.5, 0.6) is 0 Å². The molecule has 1 aliphatic heterocycles. The van der Waals surface area contributed by atoms with Crippen LogP contribution in [0, 0.1) is 0 Å². The fourth-order valence-corrected chi connectivity index (χ4v) is 1.12. The summed E-state index contributed by atoms with van der Waals surface area (Å²) < 4.78 is 10.1. The van der Waals surface area contributed by atoms with Gasteiger partial charge < -0.3 is 9.47 Å². The summed E-state index contributed by atoms with van der Waals surface area (Å²) in [7, 11) is 0. The second-order valence-corrected chi connectivity index (χ2v) is 3.09. The zero-order valence-corrected chi connectivity index (χ0v) is 7.99. The molecule has 0 spiro atoms. The number of esters is 1. The third kappa shape index (κ3) is 3.49. The third-order valence-corrected chi connectivity index (χ3v) is 1.94. The summed E-state index contributed by atoms with van der Waals surface area (Å²) in [5, 5.41) is 0. The van der Waals surface area contributed by atoms with E-state index in [9.17, 15) is 4.79 Å². The smallest absolute Gasteiger partial charge is 0.347 e. The second-order valence-electron chi connectivity index (χ2n) is 3.09. The van der Waals surface area contributed by atoms with Crippen molar-refractivity contribution in [3.05, 3.63) is 12.3 Å². The molecule has 0 fully saturated rings. The molecule has 0 bridgehead atoms. The lowest BCUT2D eigenvalue weighted by molar-refractivity contribution is -0.154. The van der Waals surface area contributed by atoms with E-state index in [1.807, 2.05) is 6.08 Å². The highest BCUT2D eigenvalue weighted by Crippen LogP contribution is 2.11. The minimum Gasteiger partial charge on any atom is -0.487 e. The van der Waals surface area contributed by atoms with Crippen molar-refractivity contribution in [3.8, 4) is 0 Å². The van der Waals surface area contributed by atoms with E-state index in [-0.39, 0.29) is 12.1 Å². The lowest BCUT2D eigenvalue weighted by atomic mass is 10.2. The summed E-state index contributed by atoms with van der Waals surface area (Å²) in [6, 6.07) is 0. The normalized spacial score (nSPS) is 20.8. The third-order valence-electron chi connectivity index (χ3n) is 1.94. The van der Waals surface area contributed by atoms with Gasteiger partial charge in [0.2, 0.25) is 0 Å². The Labute approximate surface area is 78.7 Å². The van der Waals surface area contributed by atoms with E-state index in [0.717, 1.165) is 25.7 Å². The molecule has 13 heavy (non-hydrogen) atoms. The first-order valence-corrected chi connectivity index (χ1v) is 4.81. The highest BCUT2D eigenvalue weighted by molar-refractivity contribution is 5.74. The molecule has 0 saturated heterocycles. The fraction of sp³-hybridized carbons (Fsp3) is 0.700. The Morgan fingerprint density at radius 2 is 2.54 bits per heavy atom. The predicted molar refractivity (Wildman–Crippen MR) is 49.1 cm³/mol. The van der Waals surface area contributed by atoms with Gasteiger partial charge in [-0.2, -0.15) is 0 Å². The topological polar surface area (TPSA) is 35.5 Å². The van der Waals surface area contributed by atoms with Crippen molar-refractivity contribution in [2.24, 2.45) is 0 Å². The first-order chi connectivity index (χ1) is 6.34. The van der Waals surface area contributed by atoms with E-state index in [2.05, 4.69) is 6.92 Å². The molecular weight excluding hydrogens is 168 g/mol. The van der Waals surface area contributed by atoms with E-state index >= 15 is 0 Å². The highest BCUT2D eigenvalue weighted by Gasteiger charge is 2.21. The van der Waals surface area contributed by atoms with Crippen LogP contribution in [0.15, 0.2) is 12.3 Å². The number of ether oxygens (including phenoxy) is 2. The lowest BCUT2D eigenvalue weighted by Gasteiger charge is -2.17. The fourth-order valence-electron chi connectivity index (χ4n) is 1.12. The quantitative estimate of drug-likeness (QED) is 0.495. The zero-order chi connectivity index (χ0) is 9.52. The van der Waals surface area contributed by atoms with E-state index in [4.69, 9.17) is 9.47 Å². The molecule has 0 radical (unpaired) electrons. The standard InChI is InChI=1S/C10H16O3/c1-2-3-7-13-10(11)9-6-4-5-8-12-9/h5,8-9H,2-4,6-7H2,1H3.